The average molecular weight is 567 g/mol. The SMILES string of the molecule is COCCN(C)C(=O)C(Cc1ccccc1)N(Cc1ccc(-c2cncnc2)cc1)C(=O)C=Cc1cnc(OC)nc1. The highest BCUT2D eigenvalue weighted by Crippen LogP contribution is 2.21. The molecule has 0 N–H and O–H groups in total. The molecule has 0 saturated heterocycles. The van der Waals surface area contributed by atoms with E-state index in [1.807, 2.05) is 54.6 Å². The summed E-state index contributed by atoms with van der Waals surface area (Å²) >= 11 is 0. The van der Waals surface area contributed by atoms with E-state index in [9.17, 15) is 9.59 Å². The molecule has 2 aromatic carbocycles. The highest BCUT2D eigenvalue weighted by atomic mass is 16.5. The van der Waals surface area contributed by atoms with Gasteiger partial charge in [0, 0.05) is 75.7 Å². The zero-order chi connectivity index (χ0) is 29.7. The van der Waals surface area contributed by atoms with Crippen LogP contribution in [0.15, 0.2) is 91.8 Å². The molecule has 42 heavy (non-hydrogen) atoms. The van der Waals surface area contributed by atoms with Crippen molar-refractivity contribution in [3.63, 3.8) is 0 Å². The van der Waals surface area contributed by atoms with Crippen molar-refractivity contribution in [2.45, 2.75) is 19.0 Å². The van der Waals surface area contributed by atoms with Crippen molar-refractivity contribution in [3.05, 3.63) is 108 Å². The van der Waals surface area contributed by atoms with Gasteiger partial charge in [-0.3, -0.25) is 9.59 Å². The van der Waals surface area contributed by atoms with Crippen molar-refractivity contribution in [3.8, 4) is 17.1 Å². The molecule has 0 bridgehead atoms. The van der Waals surface area contributed by atoms with E-state index in [1.54, 1.807) is 54.8 Å². The molecule has 2 amide bonds. The van der Waals surface area contributed by atoms with Crippen molar-refractivity contribution >= 4 is 17.9 Å². The van der Waals surface area contributed by atoms with Crippen LogP contribution in [0.25, 0.3) is 17.2 Å². The van der Waals surface area contributed by atoms with Gasteiger partial charge in [-0.15, -0.1) is 0 Å². The summed E-state index contributed by atoms with van der Waals surface area (Å²) in [5.74, 6) is -0.496. The first-order valence-corrected chi connectivity index (χ1v) is 13.5. The summed E-state index contributed by atoms with van der Waals surface area (Å²) < 4.78 is 10.2. The Morgan fingerprint density at radius 1 is 0.881 bits per heavy atom. The maximum atomic E-state index is 13.9. The van der Waals surface area contributed by atoms with Crippen LogP contribution in [0.4, 0.5) is 0 Å². The highest BCUT2D eigenvalue weighted by molar-refractivity contribution is 5.95. The van der Waals surface area contributed by atoms with Gasteiger partial charge in [-0.2, -0.15) is 0 Å². The van der Waals surface area contributed by atoms with Crippen LogP contribution in [0.1, 0.15) is 16.7 Å². The Morgan fingerprint density at radius 3 is 2.21 bits per heavy atom. The molecule has 10 nitrogen and oxygen atoms in total. The number of aromatic nitrogens is 4. The molecule has 2 heterocycles. The second-order valence-corrected chi connectivity index (χ2v) is 9.58. The summed E-state index contributed by atoms with van der Waals surface area (Å²) in [6.07, 6.45) is 11.5. The van der Waals surface area contributed by atoms with E-state index in [2.05, 4.69) is 19.9 Å². The normalized spacial score (nSPS) is 11.7. The topological polar surface area (TPSA) is 111 Å². The van der Waals surface area contributed by atoms with Gasteiger partial charge in [0.05, 0.1) is 13.7 Å². The number of carbonyl (C=O) groups excluding carboxylic acids is 2. The number of amides is 2. The number of ether oxygens (including phenoxy) is 2. The molecular formula is C32H34N6O4. The summed E-state index contributed by atoms with van der Waals surface area (Å²) in [7, 11) is 4.80. The Kier molecular flexibility index (Phi) is 10.8. The lowest BCUT2D eigenvalue weighted by atomic mass is 10.0. The first-order valence-electron chi connectivity index (χ1n) is 13.5. The van der Waals surface area contributed by atoms with Crippen molar-refractivity contribution in [2.75, 3.05) is 34.4 Å². The molecule has 1 unspecified atom stereocenters. The molecule has 0 spiro atoms. The van der Waals surface area contributed by atoms with E-state index < -0.39 is 6.04 Å². The number of carbonyl (C=O) groups is 2. The van der Waals surface area contributed by atoms with Crippen LogP contribution in [-0.4, -0.2) is 82.0 Å². The van der Waals surface area contributed by atoms with Gasteiger partial charge in [0.1, 0.15) is 12.4 Å². The first-order chi connectivity index (χ1) is 20.5. The minimum atomic E-state index is -0.763. The van der Waals surface area contributed by atoms with E-state index in [0.29, 0.717) is 25.1 Å². The zero-order valence-corrected chi connectivity index (χ0v) is 24.0. The molecule has 216 valence electrons. The van der Waals surface area contributed by atoms with Gasteiger partial charge in [-0.1, -0.05) is 54.6 Å². The fourth-order valence-electron chi connectivity index (χ4n) is 4.33. The minimum absolute atomic E-state index is 0.177. The quantitative estimate of drug-likeness (QED) is 0.225. The average Bonchev–Trinajstić information content (AvgIpc) is 3.05. The van der Waals surface area contributed by atoms with Crippen molar-refractivity contribution < 1.29 is 19.1 Å². The molecule has 4 aromatic rings. The summed E-state index contributed by atoms with van der Waals surface area (Å²) in [6, 6.07) is 17.0. The third kappa shape index (κ3) is 8.28. The van der Waals surface area contributed by atoms with Gasteiger partial charge in [0.25, 0.3) is 0 Å². The predicted octanol–water partition coefficient (Wildman–Crippen LogP) is 3.70. The minimum Gasteiger partial charge on any atom is -0.467 e. The summed E-state index contributed by atoms with van der Waals surface area (Å²) in [4.78, 5) is 47.3. The Labute approximate surface area is 245 Å². The van der Waals surface area contributed by atoms with Gasteiger partial charge in [0.15, 0.2) is 0 Å². The first kappa shape index (κ1) is 30.0. The summed E-state index contributed by atoms with van der Waals surface area (Å²) in [5.41, 5.74) is 4.28. The van der Waals surface area contributed by atoms with Crippen molar-refractivity contribution in [1.82, 2.24) is 29.7 Å². The van der Waals surface area contributed by atoms with Gasteiger partial charge < -0.3 is 19.3 Å². The van der Waals surface area contributed by atoms with Crippen LogP contribution in [0.5, 0.6) is 6.01 Å². The molecule has 10 heteroatoms. The van der Waals surface area contributed by atoms with Crippen LogP contribution in [0, 0.1) is 0 Å². The maximum absolute atomic E-state index is 13.9. The molecule has 0 fully saturated rings. The lowest BCUT2D eigenvalue weighted by Gasteiger charge is -2.33. The third-order valence-electron chi connectivity index (χ3n) is 6.67. The number of benzene rings is 2. The number of hydrogen-bond acceptors (Lipinski definition) is 8. The second kappa shape index (κ2) is 15.2. The Balaban J connectivity index is 1.67. The molecule has 1 atom stereocenters. The smallest absolute Gasteiger partial charge is 0.316 e. The predicted molar refractivity (Wildman–Crippen MR) is 159 cm³/mol. The maximum Gasteiger partial charge on any atom is 0.316 e. The number of nitrogens with zero attached hydrogens (tertiary/aromatic N) is 6. The lowest BCUT2D eigenvalue weighted by Crippen LogP contribution is -2.51. The second-order valence-electron chi connectivity index (χ2n) is 9.58. The monoisotopic (exact) mass is 566 g/mol. The van der Waals surface area contributed by atoms with Gasteiger partial charge in [-0.05, 0) is 22.8 Å². The molecule has 0 aliphatic carbocycles. The fourth-order valence-corrected chi connectivity index (χ4v) is 4.33. The third-order valence-corrected chi connectivity index (χ3v) is 6.67. The van der Waals surface area contributed by atoms with Crippen molar-refractivity contribution in [1.29, 1.82) is 0 Å². The molecule has 0 aliphatic heterocycles. The van der Waals surface area contributed by atoms with Crippen LogP contribution in [0.2, 0.25) is 0 Å². The molecule has 4 rings (SSSR count). The molecule has 0 aliphatic rings. The van der Waals surface area contributed by atoms with Gasteiger partial charge in [0.2, 0.25) is 11.8 Å². The number of rotatable bonds is 13. The van der Waals surface area contributed by atoms with Gasteiger partial charge >= 0.3 is 6.01 Å². The van der Waals surface area contributed by atoms with Crippen LogP contribution in [-0.2, 0) is 27.3 Å². The lowest BCUT2D eigenvalue weighted by molar-refractivity contribution is -0.143. The largest absolute Gasteiger partial charge is 0.467 e. The van der Waals surface area contributed by atoms with E-state index in [1.165, 1.54) is 19.5 Å². The van der Waals surface area contributed by atoms with E-state index >= 15 is 0 Å². The van der Waals surface area contributed by atoms with E-state index in [4.69, 9.17) is 9.47 Å². The van der Waals surface area contributed by atoms with E-state index in [-0.39, 0.29) is 24.4 Å². The van der Waals surface area contributed by atoms with Crippen LogP contribution >= 0.6 is 0 Å². The molecule has 2 aromatic heterocycles. The summed E-state index contributed by atoms with van der Waals surface area (Å²) in [5, 5.41) is 0. The Morgan fingerprint density at radius 2 is 1.57 bits per heavy atom. The number of likely N-dealkylation sites (N-methyl/N-ethyl adjacent to an activating group) is 1. The number of hydrogen-bond donors (Lipinski definition) is 0. The highest BCUT2D eigenvalue weighted by Gasteiger charge is 2.31. The number of methoxy groups -OCH3 is 2. The zero-order valence-electron chi connectivity index (χ0n) is 24.0. The molecule has 0 radical (unpaired) electrons. The van der Waals surface area contributed by atoms with Gasteiger partial charge in [-0.25, -0.2) is 19.9 Å². The standard InChI is InChI=1S/C32H34N6O4/c1-37(15-16-41-2)31(40)29(17-24-7-5-4-6-8-24)38(30(39)14-11-26-18-35-32(42-3)36-19-26)22-25-9-12-27(13-10-25)28-20-33-23-34-21-28/h4-14,18-21,23,29H,15-17,22H2,1-3H3. The van der Waals surface area contributed by atoms with Crippen LogP contribution in [0.3, 0.4) is 0 Å². The van der Waals surface area contributed by atoms with E-state index in [0.717, 1.165) is 22.3 Å². The fraction of sp³-hybridized carbons (Fsp3) is 0.250. The molecular weight excluding hydrogens is 532 g/mol. The Hall–Kier alpha value is -4.96. The Bertz CT molecular complexity index is 1450. The summed E-state index contributed by atoms with van der Waals surface area (Å²) in [6.45, 7) is 1.00. The molecule has 0 saturated carbocycles. The van der Waals surface area contributed by atoms with Crippen molar-refractivity contribution in [2.24, 2.45) is 0 Å². The van der Waals surface area contributed by atoms with Crippen LogP contribution < -0.4 is 4.74 Å².